The van der Waals surface area contributed by atoms with Crippen LogP contribution in [0.3, 0.4) is 0 Å². The van der Waals surface area contributed by atoms with Crippen molar-refractivity contribution in [2.75, 3.05) is 6.54 Å². The lowest BCUT2D eigenvalue weighted by molar-refractivity contribution is 0.404. The van der Waals surface area contributed by atoms with Crippen molar-refractivity contribution in [3.05, 3.63) is 0 Å². The Bertz CT molecular complexity index is 256. The predicted octanol–water partition coefficient (Wildman–Crippen LogP) is 3.04. The van der Waals surface area contributed by atoms with Gasteiger partial charge in [-0.25, -0.2) is 0 Å². The topological polar surface area (TPSA) is 24.4 Å². The number of thioether (sulfide) groups is 1. The lowest BCUT2D eigenvalue weighted by atomic mass is 9.99. The summed E-state index contributed by atoms with van der Waals surface area (Å²) in [5.74, 6) is 0.867. The highest BCUT2D eigenvalue weighted by Gasteiger charge is 2.39. The molecular formula is C12H22N2S. The van der Waals surface area contributed by atoms with Gasteiger partial charge in [-0.1, -0.05) is 25.1 Å². The van der Waals surface area contributed by atoms with E-state index in [0.29, 0.717) is 0 Å². The fourth-order valence-electron chi connectivity index (χ4n) is 2.14. The molecule has 1 aliphatic heterocycles. The highest BCUT2D eigenvalue weighted by atomic mass is 32.2. The average molecular weight is 226 g/mol. The number of aliphatic imine (C=N–C) groups is 1. The lowest BCUT2D eigenvalue weighted by Crippen LogP contribution is -2.43. The molecule has 1 atom stereocenters. The first-order valence-corrected chi connectivity index (χ1v) is 6.99. The quantitative estimate of drug-likeness (QED) is 0.797. The van der Waals surface area contributed by atoms with Crippen molar-refractivity contribution in [3.63, 3.8) is 0 Å². The molecule has 86 valence electrons. The Kier molecular flexibility index (Phi) is 3.29. The standard InChI is InChI=1S/C12H22N2S/c1-4-5-10-8-13-11(15-10)14-12(2,3)9-6-7-9/h9-10H,4-8H2,1-3H3,(H,13,14). The maximum atomic E-state index is 4.60. The highest BCUT2D eigenvalue weighted by Crippen LogP contribution is 2.40. The first-order valence-electron chi connectivity index (χ1n) is 6.11. The Morgan fingerprint density at radius 1 is 1.47 bits per heavy atom. The van der Waals surface area contributed by atoms with Crippen LogP contribution in [0.4, 0.5) is 0 Å². The number of nitrogens with one attached hydrogen (secondary N) is 1. The molecule has 0 bridgehead atoms. The van der Waals surface area contributed by atoms with Gasteiger partial charge in [0.15, 0.2) is 5.17 Å². The van der Waals surface area contributed by atoms with Gasteiger partial charge in [0.2, 0.25) is 0 Å². The molecule has 1 heterocycles. The summed E-state index contributed by atoms with van der Waals surface area (Å²) in [6.07, 6.45) is 5.34. The zero-order valence-corrected chi connectivity index (χ0v) is 10.9. The molecule has 1 unspecified atom stereocenters. The second-order valence-corrected chi connectivity index (χ2v) is 6.58. The van der Waals surface area contributed by atoms with Gasteiger partial charge < -0.3 is 5.32 Å². The van der Waals surface area contributed by atoms with Gasteiger partial charge >= 0.3 is 0 Å². The number of rotatable bonds is 4. The Labute approximate surface area is 97.3 Å². The van der Waals surface area contributed by atoms with Crippen LogP contribution < -0.4 is 5.32 Å². The maximum Gasteiger partial charge on any atom is 0.157 e. The Balaban J connectivity index is 1.81. The van der Waals surface area contributed by atoms with E-state index in [4.69, 9.17) is 0 Å². The molecule has 0 amide bonds. The van der Waals surface area contributed by atoms with Crippen molar-refractivity contribution >= 4 is 16.9 Å². The summed E-state index contributed by atoms with van der Waals surface area (Å²) in [6.45, 7) is 7.88. The number of nitrogens with zero attached hydrogens (tertiary/aromatic N) is 1. The molecule has 0 saturated heterocycles. The van der Waals surface area contributed by atoms with Gasteiger partial charge in [-0.05, 0) is 39.0 Å². The first-order chi connectivity index (χ1) is 7.12. The zero-order valence-electron chi connectivity index (χ0n) is 10.0. The van der Waals surface area contributed by atoms with E-state index in [0.717, 1.165) is 17.7 Å². The van der Waals surface area contributed by atoms with Crippen molar-refractivity contribution in [3.8, 4) is 0 Å². The molecule has 2 nitrogen and oxygen atoms in total. The van der Waals surface area contributed by atoms with Crippen LogP contribution in [0.5, 0.6) is 0 Å². The maximum absolute atomic E-state index is 4.60. The molecule has 1 aliphatic carbocycles. The minimum absolute atomic E-state index is 0.257. The first kappa shape index (κ1) is 11.3. The van der Waals surface area contributed by atoms with Crippen LogP contribution in [0.25, 0.3) is 0 Å². The van der Waals surface area contributed by atoms with E-state index in [1.807, 2.05) is 11.8 Å². The summed E-state index contributed by atoms with van der Waals surface area (Å²) < 4.78 is 0. The molecule has 1 fully saturated rings. The summed E-state index contributed by atoms with van der Waals surface area (Å²) in [5, 5.41) is 5.53. The largest absolute Gasteiger partial charge is 0.360 e. The molecule has 3 heteroatoms. The van der Waals surface area contributed by atoms with E-state index in [-0.39, 0.29) is 5.54 Å². The second-order valence-electron chi connectivity index (χ2n) is 5.30. The molecule has 0 aromatic heterocycles. The van der Waals surface area contributed by atoms with E-state index in [9.17, 15) is 0 Å². The van der Waals surface area contributed by atoms with E-state index in [1.54, 1.807) is 0 Å². The normalized spacial score (nSPS) is 26.6. The number of hydrogen-bond donors (Lipinski definition) is 1. The summed E-state index contributed by atoms with van der Waals surface area (Å²) in [7, 11) is 0. The Morgan fingerprint density at radius 3 is 2.80 bits per heavy atom. The minimum Gasteiger partial charge on any atom is -0.360 e. The van der Waals surface area contributed by atoms with Crippen LogP contribution in [0, 0.1) is 5.92 Å². The van der Waals surface area contributed by atoms with Crippen molar-refractivity contribution < 1.29 is 0 Å². The smallest absolute Gasteiger partial charge is 0.157 e. The van der Waals surface area contributed by atoms with Crippen LogP contribution in [-0.4, -0.2) is 22.5 Å². The molecule has 15 heavy (non-hydrogen) atoms. The average Bonchev–Trinajstić information content (AvgIpc) is 2.92. The van der Waals surface area contributed by atoms with Gasteiger partial charge in [0, 0.05) is 10.8 Å². The molecule has 0 aromatic carbocycles. The molecule has 0 aromatic rings. The Hall–Kier alpha value is -0.180. The van der Waals surface area contributed by atoms with E-state index < -0.39 is 0 Å². The van der Waals surface area contributed by atoms with Gasteiger partial charge in [-0.15, -0.1) is 0 Å². The molecule has 2 rings (SSSR count). The van der Waals surface area contributed by atoms with Crippen LogP contribution >= 0.6 is 11.8 Å². The second kappa shape index (κ2) is 4.36. The number of hydrogen-bond acceptors (Lipinski definition) is 3. The van der Waals surface area contributed by atoms with Crippen molar-refractivity contribution in [2.45, 2.75) is 57.2 Å². The summed E-state index contributed by atoms with van der Waals surface area (Å²) in [5.41, 5.74) is 0.257. The zero-order chi connectivity index (χ0) is 10.9. The van der Waals surface area contributed by atoms with Gasteiger partial charge in [0.25, 0.3) is 0 Å². The van der Waals surface area contributed by atoms with Crippen LogP contribution in [0.15, 0.2) is 4.99 Å². The summed E-state index contributed by atoms with van der Waals surface area (Å²) in [6, 6.07) is 0. The van der Waals surface area contributed by atoms with Gasteiger partial charge in [-0.2, -0.15) is 0 Å². The van der Waals surface area contributed by atoms with E-state index in [2.05, 4.69) is 31.1 Å². The minimum atomic E-state index is 0.257. The van der Waals surface area contributed by atoms with Gasteiger partial charge in [0.05, 0.1) is 6.54 Å². The van der Waals surface area contributed by atoms with Crippen molar-refractivity contribution in [2.24, 2.45) is 10.9 Å². The van der Waals surface area contributed by atoms with Crippen molar-refractivity contribution in [1.29, 1.82) is 0 Å². The monoisotopic (exact) mass is 226 g/mol. The van der Waals surface area contributed by atoms with Gasteiger partial charge in [-0.3, -0.25) is 4.99 Å². The molecule has 0 radical (unpaired) electrons. The SMILES string of the molecule is CCCC1CN=C(NC(C)(C)C2CC2)S1. The van der Waals surface area contributed by atoms with Crippen LogP contribution in [0.1, 0.15) is 46.5 Å². The summed E-state index contributed by atoms with van der Waals surface area (Å²) >= 11 is 1.95. The number of amidine groups is 1. The van der Waals surface area contributed by atoms with E-state index in [1.165, 1.54) is 30.9 Å². The summed E-state index contributed by atoms with van der Waals surface area (Å²) in [4.78, 5) is 4.60. The fraction of sp³-hybridized carbons (Fsp3) is 0.917. The predicted molar refractivity (Wildman–Crippen MR) is 68.5 cm³/mol. The molecular weight excluding hydrogens is 204 g/mol. The fourth-order valence-corrected chi connectivity index (χ4v) is 3.43. The third-order valence-electron chi connectivity index (χ3n) is 3.35. The van der Waals surface area contributed by atoms with Crippen molar-refractivity contribution in [1.82, 2.24) is 5.32 Å². The molecule has 1 N–H and O–H groups in total. The van der Waals surface area contributed by atoms with Gasteiger partial charge in [0.1, 0.15) is 0 Å². The molecule has 1 saturated carbocycles. The lowest BCUT2D eigenvalue weighted by Gasteiger charge is -2.27. The van der Waals surface area contributed by atoms with Crippen LogP contribution in [0.2, 0.25) is 0 Å². The van der Waals surface area contributed by atoms with Crippen LogP contribution in [-0.2, 0) is 0 Å². The Morgan fingerprint density at radius 2 is 2.20 bits per heavy atom. The molecule has 2 aliphatic rings. The third-order valence-corrected chi connectivity index (χ3v) is 4.53. The van der Waals surface area contributed by atoms with E-state index >= 15 is 0 Å². The third kappa shape index (κ3) is 2.90. The highest BCUT2D eigenvalue weighted by molar-refractivity contribution is 8.14. The molecule has 0 spiro atoms.